The number of fused-ring (bicyclic) bond motifs is 12. The van der Waals surface area contributed by atoms with Crippen molar-refractivity contribution in [3.05, 3.63) is 229 Å². The van der Waals surface area contributed by atoms with E-state index in [-0.39, 0.29) is 5.92 Å². The summed E-state index contributed by atoms with van der Waals surface area (Å²) in [7, 11) is 0. The SMILES string of the molecule is c1ccc(-c2ccc(-c3cc(-c4cc(C5c6ccc7ccccc7c6-c6c5ccc5ccccc65)cc5c4oc4ccc6ccccc6c45)nc(-c4ccccc4)n3)cc2)cc1. The summed E-state index contributed by atoms with van der Waals surface area (Å²) in [5.74, 6) is 0.637. The predicted octanol–water partition coefficient (Wildman–Crippen LogP) is 15.7. The van der Waals surface area contributed by atoms with Crippen LogP contribution >= 0.6 is 0 Å². The van der Waals surface area contributed by atoms with Gasteiger partial charge in [0.1, 0.15) is 11.2 Å². The quantitative estimate of drug-likeness (QED) is 0.174. The molecule has 2 aromatic heterocycles. The number of benzene rings is 10. The molecule has 0 N–H and O–H groups in total. The molecule has 0 saturated heterocycles. The number of rotatable bonds is 5. The van der Waals surface area contributed by atoms with E-state index in [0.29, 0.717) is 5.82 Å². The van der Waals surface area contributed by atoms with Crippen LogP contribution in [0.25, 0.3) is 110 Å². The number of furan rings is 1. The third kappa shape index (κ3) is 5.38. The minimum absolute atomic E-state index is 0.0299. The van der Waals surface area contributed by atoms with Crippen LogP contribution in [0.15, 0.2) is 217 Å². The van der Waals surface area contributed by atoms with Gasteiger partial charge in [-0.3, -0.25) is 0 Å². The van der Waals surface area contributed by atoms with Crippen molar-refractivity contribution in [3.63, 3.8) is 0 Å². The van der Waals surface area contributed by atoms with Crippen molar-refractivity contribution in [2.75, 3.05) is 0 Å². The van der Waals surface area contributed by atoms with Crippen molar-refractivity contribution in [2.24, 2.45) is 0 Å². The van der Waals surface area contributed by atoms with Gasteiger partial charge >= 0.3 is 0 Å². The van der Waals surface area contributed by atoms with Gasteiger partial charge in [-0.15, -0.1) is 0 Å². The third-order valence-corrected chi connectivity index (χ3v) is 12.9. The van der Waals surface area contributed by atoms with Crippen LogP contribution in [0.5, 0.6) is 0 Å². The summed E-state index contributed by atoms with van der Waals surface area (Å²) in [4.78, 5) is 10.7. The first-order valence-corrected chi connectivity index (χ1v) is 21.3. The van der Waals surface area contributed by atoms with Crippen molar-refractivity contribution >= 4 is 54.3 Å². The van der Waals surface area contributed by atoms with E-state index in [2.05, 4.69) is 194 Å². The van der Waals surface area contributed by atoms with Gasteiger partial charge in [0, 0.05) is 33.4 Å². The number of nitrogens with zero attached hydrogens (tertiary/aromatic N) is 2. The largest absolute Gasteiger partial charge is 0.455 e. The van der Waals surface area contributed by atoms with Crippen LogP contribution in [0.1, 0.15) is 22.6 Å². The number of aromatic nitrogens is 2. The first kappa shape index (κ1) is 34.7. The Morgan fingerprint density at radius 2 is 0.887 bits per heavy atom. The Morgan fingerprint density at radius 3 is 1.55 bits per heavy atom. The van der Waals surface area contributed by atoms with Crippen molar-refractivity contribution < 1.29 is 4.42 Å². The highest BCUT2D eigenvalue weighted by Crippen LogP contribution is 2.54. The molecule has 288 valence electrons. The zero-order chi connectivity index (χ0) is 40.7. The first-order valence-electron chi connectivity index (χ1n) is 21.3. The Morgan fingerprint density at radius 1 is 0.371 bits per heavy atom. The molecule has 0 fully saturated rings. The molecule has 10 aromatic carbocycles. The van der Waals surface area contributed by atoms with E-state index in [9.17, 15) is 0 Å². The topological polar surface area (TPSA) is 38.9 Å². The van der Waals surface area contributed by atoms with Crippen LogP contribution in [0.3, 0.4) is 0 Å². The van der Waals surface area contributed by atoms with E-state index in [0.717, 1.165) is 55.6 Å². The summed E-state index contributed by atoms with van der Waals surface area (Å²) in [6.07, 6.45) is 0. The maximum Gasteiger partial charge on any atom is 0.160 e. The van der Waals surface area contributed by atoms with Gasteiger partial charge in [0.15, 0.2) is 5.82 Å². The van der Waals surface area contributed by atoms with Gasteiger partial charge in [-0.05, 0) is 95.5 Å². The molecule has 0 bridgehead atoms. The second-order valence-corrected chi connectivity index (χ2v) is 16.4. The molecule has 2 heterocycles. The van der Waals surface area contributed by atoms with Crippen molar-refractivity contribution in [1.29, 1.82) is 0 Å². The fraction of sp³-hybridized carbons (Fsp3) is 0.0169. The molecule has 1 aliphatic carbocycles. The third-order valence-electron chi connectivity index (χ3n) is 12.9. The molecule has 0 saturated carbocycles. The summed E-state index contributed by atoms with van der Waals surface area (Å²) < 4.78 is 7.01. The lowest BCUT2D eigenvalue weighted by Crippen LogP contribution is -2.01. The molecule has 3 nitrogen and oxygen atoms in total. The van der Waals surface area contributed by atoms with Crippen LogP contribution in [0.2, 0.25) is 0 Å². The molecule has 0 unspecified atom stereocenters. The number of hydrogen-bond donors (Lipinski definition) is 0. The molecule has 12 aromatic rings. The molecule has 3 heteroatoms. The van der Waals surface area contributed by atoms with Gasteiger partial charge in [-0.2, -0.15) is 0 Å². The van der Waals surface area contributed by atoms with Crippen molar-refractivity contribution in [3.8, 4) is 56.2 Å². The Kier molecular flexibility index (Phi) is 7.67. The summed E-state index contributed by atoms with van der Waals surface area (Å²) in [6.45, 7) is 0. The van der Waals surface area contributed by atoms with E-state index in [4.69, 9.17) is 14.4 Å². The first-order chi connectivity index (χ1) is 30.7. The summed E-state index contributed by atoms with van der Waals surface area (Å²) in [5, 5.41) is 9.58. The number of hydrogen-bond acceptors (Lipinski definition) is 3. The average Bonchev–Trinajstić information content (AvgIpc) is 3.91. The minimum atomic E-state index is -0.0299. The van der Waals surface area contributed by atoms with Crippen LogP contribution in [-0.2, 0) is 0 Å². The Labute approximate surface area is 358 Å². The Hall–Kier alpha value is -8.14. The molecule has 0 atom stereocenters. The van der Waals surface area contributed by atoms with E-state index < -0.39 is 0 Å². The van der Waals surface area contributed by atoms with Crippen molar-refractivity contribution in [1.82, 2.24) is 9.97 Å². The molecule has 0 aliphatic heterocycles. The van der Waals surface area contributed by atoms with Gasteiger partial charge in [0.2, 0.25) is 0 Å². The molecule has 0 spiro atoms. The second-order valence-electron chi connectivity index (χ2n) is 16.4. The smallest absolute Gasteiger partial charge is 0.160 e. The van der Waals surface area contributed by atoms with Gasteiger partial charge in [-0.1, -0.05) is 188 Å². The van der Waals surface area contributed by atoms with Gasteiger partial charge in [0.25, 0.3) is 0 Å². The molecule has 1 aliphatic rings. The van der Waals surface area contributed by atoms with Gasteiger partial charge in [0.05, 0.1) is 11.4 Å². The van der Waals surface area contributed by atoms with Crippen LogP contribution in [0.4, 0.5) is 0 Å². The summed E-state index contributed by atoms with van der Waals surface area (Å²) >= 11 is 0. The molecule has 0 amide bonds. The van der Waals surface area contributed by atoms with Crippen LogP contribution in [0, 0.1) is 0 Å². The normalized spacial score (nSPS) is 12.5. The van der Waals surface area contributed by atoms with E-state index in [1.165, 1.54) is 65.7 Å². The fourth-order valence-corrected chi connectivity index (χ4v) is 10.1. The van der Waals surface area contributed by atoms with Crippen LogP contribution in [-0.4, -0.2) is 9.97 Å². The molecular weight excluding hydrogens is 753 g/mol. The van der Waals surface area contributed by atoms with Gasteiger partial charge in [-0.25, -0.2) is 9.97 Å². The van der Waals surface area contributed by atoms with Gasteiger partial charge < -0.3 is 4.42 Å². The maximum atomic E-state index is 7.01. The average molecular weight is 789 g/mol. The van der Waals surface area contributed by atoms with Crippen molar-refractivity contribution in [2.45, 2.75) is 5.92 Å². The second kappa shape index (κ2) is 13.7. The lowest BCUT2D eigenvalue weighted by Gasteiger charge is -2.17. The minimum Gasteiger partial charge on any atom is -0.455 e. The van der Waals surface area contributed by atoms with Crippen LogP contribution < -0.4 is 0 Å². The van der Waals surface area contributed by atoms with E-state index >= 15 is 0 Å². The Bertz CT molecular complexity index is 3650. The maximum absolute atomic E-state index is 7.01. The monoisotopic (exact) mass is 788 g/mol. The molecule has 13 rings (SSSR count). The lowest BCUT2D eigenvalue weighted by atomic mass is 9.86. The Balaban J connectivity index is 1.11. The van der Waals surface area contributed by atoms with E-state index in [1.54, 1.807) is 0 Å². The molecular formula is C59H36N2O. The molecule has 0 radical (unpaired) electrons. The highest BCUT2D eigenvalue weighted by Gasteiger charge is 2.34. The lowest BCUT2D eigenvalue weighted by molar-refractivity contribution is 0.670. The van der Waals surface area contributed by atoms with E-state index in [1.807, 2.05) is 18.2 Å². The zero-order valence-corrected chi connectivity index (χ0v) is 33.6. The summed E-state index contributed by atoms with van der Waals surface area (Å²) in [6, 6.07) is 76.2. The fourth-order valence-electron chi connectivity index (χ4n) is 10.1. The highest BCUT2D eigenvalue weighted by molar-refractivity contribution is 6.21. The molecule has 62 heavy (non-hydrogen) atoms. The standard InChI is InChI=1S/C59H36N2O/c1-3-13-36(14-4-1)37-23-25-41(26-24-37)51-35-52(61-59(60-51)42-18-5-2-6-19-42)49-33-43(34-50-55-44-20-10-7-17-40(44)29-32-53(55)62-58(49)50)54-47-30-27-38-15-8-11-21-45(38)56(47)57-46-22-12-9-16-39(46)28-31-48(54)57/h1-35,54H. The predicted molar refractivity (Wildman–Crippen MR) is 256 cm³/mol. The highest BCUT2D eigenvalue weighted by atomic mass is 16.3. The summed E-state index contributed by atoms with van der Waals surface area (Å²) in [5.41, 5.74) is 15.0. The zero-order valence-electron chi connectivity index (χ0n) is 33.6.